The summed E-state index contributed by atoms with van der Waals surface area (Å²) in [4.78, 5) is 38.6. The van der Waals surface area contributed by atoms with E-state index in [2.05, 4.69) is 5.32 Å². The van der Waals surface area contributed by atoms with Gasteiger partial charge in [0.2, 0.25) is 0 Å². The van der Waals surface area contributed by atoms with E-state index in [4.69, 9.17) is 16.3 Å². The van der Waals surface area contributed by atoms with Crippen LogP contribution in [-0.4, -0.2) is 52.7 Å². The van der Waals surface area contributed by atoms with E-state index in [9.17, 15) is 19.5 Å². The number of amides is 2. The van der Waals surface area contributed by atoms with Crippen LogP contribution in [0.1, 0.15) is 43.8 Å². The summed E-state index contributed by atoms with van der Waals surface area (Å²) >= 11 is 6.97. The molecule has 2 heterocycles. The van der Waals surface area contributed by atoms with Gasteiger partial charge in [0.1, 0.15) is 11.0 Å². The Hall–Kier alpha value is -1.80. The summed E-state index contributed by atoms with van der Waals surface area (Å²) in [5, 5.41) is 12.6. The van der Waals surface area contributed by atoms with Gasteiger partial charge in [-0.25, -0.2) is 4.79 Å². The lowest BCUT2D eigenvalue weighted by molar-refractivity contribution is -0.149. The first-order chi connectivity index (χ1) is 12.0. The third kappa shape index (κ3) is 4.29. The third-order valence-corrected chi connectivity index (χ3v) is 5.58. The van der Waals surface area contributed by atoms with E-state index < -0.39 is 35.0 Å². The molecule has 0 aromatic carbocycles. The number of hydrogen-bond acceptors (Lipinski definition) is 5. The van der Waals surface area contributed by atoms with E-state index in [-0.39, 0.29) is 19.5 Å². The summed E-state index contributed by atoms with van der Waals surface area (Å²) in [6.07, 6.45) is -0.329. The summed E-state index contributed by atoms with van der Waals surface area (Å²) in [5.74, 6) is -1.46. The molecule has 1 fully saturated rings. The molecule has 7 nitrogen and oxygen atoms in total. The molecule has 2 amide bonds. The maximum Gasteiger partial charge on any atom is 0.410 e. The molecule has 9 heteroatoms. The number of ether oxygens (including phenoxy) is 1. The van der Waals surface area contributed by atoms with Crippen molar-refractivity contribution in [3.63, 3.8) is 0 Å². The van der Waals surface area contributed by atoms with Gasteiger partial charge in [-0.1, -0.05) is 18.5 Å². The summed E-state index contributed by atoms with van der Waals surface area (Å²) in [6, 6.07) is 2.45. The number of hydrogen-bond donors (Lipinski definition) is 2. The predicted octanol–water partition coefficient (Wildman–Crippen LogP) is 3.23. The van der Waals surface area contributed by atoms with Gasteiger partial charge in [0.05, 0.1) is 15.3 Å². The fourth-order valence-corrected chi connectivity index (χ4v) is 3.90. The Kier molecular flexibility index (Phi) is 5.87. The van der Waals surface area contributed by atoms with Crippen LogP contribution in [0, 0.1) is 5.41 Å². The van der Waals surface area contributed by atoms with E-state index >= 15 is 0 Å². The number of carbonyl (C=O) groups excluding carboxylic acids is 2. The fourth-order valence-electron chi connectivity index (χ4n) is 2.95. The smallest absolute Gasteiger partial charge is 0.410 e. The molecular formula is C17H23ClN2O5S. The minimum absolute atomic E-state index is 0.0239. The summed E-state index contributed by atoms with van der Waals surface area (Å²) in [7, 11) is 0. The van der Waals surface area contributed by atoms with Crippen molar-refractivity contribution in [3.05, 3.63) is 21.3 Å². The number of carboxylic acid groups (broad SMARTS) is 1. The zero-order valence-corrected chi connectivity index (χ0v) is 16.7. The highest BCUT2D eigenvalue weighted by Gasteiger charge is 2.53. The van der Waals surface area contributed by atoms with E-state index in [0.717, 1.165) is 11.3 Å². The average Bonchev–Trinajstić information content (AvgIpc) is 3.10. The van der Waals surface area contributed by atoms with Crippen LogP contribution in [-0.2, 0) is 9.53 Å². The van der Waals surface area contributed by atoms with Crippen molar-refractivity contribution in [1.29, 1.82) is 0 Å². The molecule has 2 rings (SSSR count). The van der Waals surface area contributed by atoms with Gasteiger partial charge < -0.3 is 20.1 Å². The van der Waals surface area contributed by atoms with Gasteiger partial charge >= 0.3 is 12.1 Å². The van der Waals surface area contributed by atoms with Crippen LogP contribution in [0.3, 0.4) is 0 Å². The zero-order chi connectivity index (χ0) is 19.7. The number of aliphatic carboxylic acids is 1. The van der Waals surface area contributed by atoms with E-state index in [1.165, 1.54) is 4.90 Å². The van der Waals surface area contributed by atoms with Crippen LogP contribution in [0.25, 0.3) is 0 Å². The standard InChI is InChI=1S/C17H23ClN2O5S/c1-5-17(14(22)23)9-20(15(24)25-16(2,3)4)8-11(17)19-13(21)10-6-7-12(18)26-10/h6-7,11H,5,8-9H2,1-4H3,(H,19,21)(H,22,23). The molecule has 0 saturated carbocycles. The Bertz CT molecular complexity index is 714. The lowest BCUT2D eigenvalue weighted by Crippen LogP contribution is -2.51. The fraction of sp³-hybridized carbons (Fsp3) is 0.588. The van der Waals surface area contributed by atoms with Crippen molar-refractivity contribution in [2.24, 2.45) is 5.41 Å². The van der Waals surface area contributed by atoms with Gasteiger partial charge in [0, 0.05) is 13.1 Å². The second-order valence-corrected chi connectivity index (χ2v) is 9.02. The van der Waals surface area contributed by atoms with E-state index in [1.807, 2.05) is 0 Å². The van der Waals surface area contributed by atoms with Gasteiger partial charge in [-0.2, -0.15) is 0 Å². The minimum atomic E-state index is -1.27. The van der Waals surface area contributed by atoms with Gasteiger partial charge in [0.25, 0.3) is 5.91 Å². The Balaban J connectivity index is 2.22. The van der Waals surface area contributed by atoms with E-state index in [1.54, 1.807) is 39.8 Å². The largest absolute Gasteiger partial charge is 0.481 e. The van der Waals surface area contributed by atoms with Gasteiger partial charge in [0.15, 0.2) is 0 Å². The predicted molar refractivity (Wildman–Crippen MR) is 98.8 cm³/mol. The number of nitrogens with one attached hydrogen (secondary N) is 1. The molecule has 1 aliphatic rings. The zero-order valence-electron chi connectivity index (χ0n) is 15.2. The monoisotopic (exact) mass is 402 g/mol. The molecule has 1 aromatic heterocycles. The van der Waals surface area contributed by atoms with Crippen LogP contribution >= 0.6 is 22.9 Å². The molecule has 0 bridgehead atoms. The molecule has 2 N–H and O–H groups in total. The first-order valence-electron chi connectivity index (χ1n) is 8.26. The highest BCUT2D eigenvalue weighted by molar-refractivity contribution is 7.18. The molecule has 0 radical (unpaired) electrons. The second kappa shape index (κ2) is 7.44. The number of carbonyl (C=O) groups is 3. The molecule has 26 heavy (non-hydrogen) atoms. The van der Waals surface area contributed by atoms with Crippen molar-refractivity contribution >= 4 is 40.9 Å². The van der Waals surface area contributed by atoms with Crippen molar-refractivity contribution in [2.75, 3.05) is 13.1 Å². The topological polar surface area (TPSA) is 95.9 Å². The Morgan fingerprint density at radius 2 is 2.08 bits per heavy atom. The second-order valence-electron chi connectivity index (χ2n) is 7.31. The quantitative estimate of drug-likeness (QED) is 0.805. The molecular weight excluding hydrogens is 380 g/mol. The molecule has 0 spiro atoms. The van der Waals surface area contributed by atoms with Crippen molar-refractivity contribution < 1.29 is 24.2 Å². The highest BCUT2D eigenvalue weighted by Crippen LogP contribution is 2.36. The first kappa shape index (κ1) is 20.5. The summed E-state index contributed by atoms with van der Waals surface area (Å²) in [5.41, 5.74) is -1.96. The molecule has 144 valence electrons. The number of rotatable bonds is 4. The van der Waals surface area contributed by atoms with Crippen molar-refractivity contribution in [2.45, 2.75) is 45.8 Å². The summed E-state index contributed by atoms with van der Waals surface area (Å²) in [6.45, 7) is 7.00. The number of halogens is 1. The molecule has 2 unspecified atom stereocenters. The first-order valence-corrected chi connectivity index (χ1v) is 9.45. The maximum absolute atomic E-state index is 12.5. The van der Waals surface area contributed by atoms with Crippen LogP contribution in [0.4, 0.5) is 4.79 Å². The van der Waals surface area contributed by atoms with Gasteiger partial charge in [-0.15, -0.1) is 11.3 Å². The maximum atomic E-state index is 12.5. The van der Waals surface area contributed by atoms with Crippen LogP contribution in [0.15, 0.2) is 12.1 Å². The van der Waals surface area contributed by atoms with Gasteiger partial charge in [-0.05, 0) is 39.3 Å². The third-order valence-electron chi connectivity index (χ3n) is 4.35. The Morgan fingerprint density at radius 1 is 1.42 bits per heavy atom. The Morgan fingerprint density at radius 3 is 2.54 bits per heavy atom. The van der Waals surface area contributed by atoms with Crippen molar-refractivity contribution in [1.82, 2.24) is 10.2 Å². The number of carboxylic acids is 1. The lowest BCUT2D eigenvalue weighted by Gasteiger charge is -2.29. The summed E-state index contributed by atoms with van der Waals surface area (Å²) < 4.78 is 5.82. The lowest BCUT2D eigenvalue weighted by atomic mass is 9.80. The normalized spacial score (nSPS) is 23.0. The molecule has 2 atom stereocenters. The van der Waals surface area contributed by atoms with Gasteiger partial charge in [-0.3, -0.25) is 9.59 Å². The highest BCUT2D eigenvalue weighted by atomic mass is 35.5. The SMILES string of the molecule is CCC1(C(=O)O)CN(C(=O)OC(C)(C)C)CC1NC(=O)c1ccc(Cl)s1. The number of thiophene rings is 1. The van der Waals surface area contributed by atoms with Crippen LogP contribution < -0.4 is 5.32 Å². The molecule has 0 aliphatic carbocycles. The van der Waals surface area contributed by atoms with E-state index in [0.29, 0.717) is 9.21 Å². The molecule has 1 aliphatic heterocycles. The Labute approximate surface area is 161 Å². The van der Waals surface area contributed by atoms with Crippen LogP contribution in [0.2, 0.25) is 4.34 Å². The number of nitrogens with zero attached hydrogens (tertiary/aromatic N) is 1. The molecule has 1 aromatic rings. The number of likely N-dealkylation sites (tertiary alicyclic amines) is 1. The van der Waals surface area contributed by atoms with Crippen molar-refractivity contribution in [3.8, 4) is 0 Å². The molecule has 1 saturated heterocycles. The minimum Gasteiger partial charge on any atom is -0.481 e. The average molecular weight is 403 g/mol. The van der Waals surface area contributed by atoms with Crippen LogP contribution in [0.5, 0.6) is 0 Å².